The lowest BCUT2D eigenvalue weighted by atomic mass is 10.1. The fourth-order valence-corrected chi connectivity index (χ4v) is 2.96. The highest BCUT2D eigenvalue weighted by atomic mass is 16.6. The Labute approximate surface area is 164 Å². The van der Waals surface area contributed by atoms with Gasteiger partial charge >= 0.3 is 5.97 Å². The molecule has 6 heteroatoms. The highest BCUT2D eigenvalue weighted by Crippen LogP contribution is 2.22. The molecule has 0 radical (unpaired) electrons. The Kier molecular flexibility index (Phi) is 5.89. The number of carbonyl (C=O) groups is 2. The van der Waals surface area contributed by atoms with Crippen LogP contribution < -0.4 is 10.2 Å². The molecule has 0 atom stereocenters. The number of hydrogen-bond donors (Lipinski definition) is 1. The van der Waals surface area contributed by atoms with Crippen molar-refractivity contribution in [3.8, 4) is 0 Å². The standard InChI is InChI=1S/C22H23N3O3/c1-4-25(5-2)19-12-6-16(7-13-19)14-20-22(27)28-21(24-20)17-8-10-18(11-9-17)23-15(3)26/h6-14H,4-5H2,1-3H3,(H,23,26). The smallest absolute Gasteiger partial charge is 0.363 e. The zero-order valence-electron chi connectivity index (χ0n) is 16.2. The molecule has 0 fully saturated rings. The molecule has 2 aromatic rings. The van der Waals surface area contributed by atoms with Crippen LogP contribution in [0.2, 0.25) is 0 Å². The summed E-state index contributed by atoms with van der Waals surface area (Å²) in [5, 5.41) is 2.69. The fraction of sp³-hybridized carbons (Fsp3) is 0.227. The van der Waals surface area contributed by atoms with Gasteiger partial charge in [-0.15, -0.1) is 0 Å². The molecule has 1 N–H and O–H groups in total. The van der Waals surface area contributed by atoms with Gasteiger partial charge in [-0.1, -0.05) is 12.1 Å². The summed E-state index contributed by atoms with van der Waals surface area (Å²) >= 11 is 0. The second-order valence-electron chi connectivity index (χ2n) is 6.36. The van der Waals surface area contributed by atoms with E-state index in [1.165, 1.54) is 6.92 Å². The summed E-state index contributed by atoms with van der Waals surface area (Å²) in [5.41, 5.74) is 3.63. The molecule has 6 nitrogen and oxygen atoms in total. The van der Waals surface area contributed by atoms with E-state index < -0.39 is 5.97 Å². The number of hydrogen-bond acceptors (Lipinski definition) is 5. The molecule has 2 aromatic carbocycles. The monoisotopic (exact) mass is 377 g/mol. The first-order valence-electron chi connectivity index (χ1n) is 9.25. The van der Waals surface area contributed by atoms with Crippen LogP contribution in [0.25, 0.3) is 6.08 Å². The van der Waals surface area contributed by atoms with Gasteiger partial charge in [0.2, 0.25) is 11.8 Å². The number of esters is 1. The van der Waals surface area contributed by atoms with Gasteiger partial charge in [0.05, 0.1) is 0 Å². The zero-order valence-corrected chi connectivity index (χ0v) is 16.2. The third-order valence-electron chi connectivity index (χ3n) is 4.40. The minimum atomic E-state index is -0.478. The molecular formula is C22H23N3O3. The van der Waals surface area contributed by atoms with Crippen LogP contribution >= 0.6 is 0 Å². The van der Waals surface area contributed by atoms with Crippen molar-refractivity contribution in [2.75, 3.05) is 23.3 Å². The quantitative estimate of drug-likeness (QED) is 0.613. The van der Waals surface area contributed by atoms with E-state index in [9.17, 15) is 9.59 Å². The molecule has 1 heterocycles. The first-order valence-corrected chi connectivity index (χ1v) is 9.25. The van der Waals surface area contributed by atoms with Gasteiger partial charge in [0.1, 0.15) is 0 Å². The van der Waals surface area contributed by atoms with Crippen molar-refractivity contribution < 1.29 is 14.3 Å². The van der Waals surface area contributed by atoms with E-state index in [4.69, 9.17) is 4.74 Å². The van der Waals surface area contributed by atoms with E-state index >= 15 is 0 Å². The number of aliphatic imine (C=N–C) groups is 1. The van der Waals surface area contributed by atoms with Crippen LogP contribution in [0, 0.1) is 0 Å². The van der Waals surface area contributed by atoms with Crippen molar-refractivity contribution in [1.82, 2.24) is 0 Å². The normalized spacial score (nSPS) is 14.6. The van der Waals surface area contributed by atoms with Crippen molar-refractivity contribution in [3.05, 3.63) is 65.4 Å². The maximum absolute atomic E-state index is 12.2. The van der Waals surface area contributed by atoms with Gasteiger partial charge < -0.3 is 15.0 Å². The van der Waals surface area contributed by atoms with Gasteiger partial charge in [0.25, 0.3) is 0 Å². The molecule has 0 unspecified atom stereocenters. The van der Waals surface area contributed by atoms with Crippen LogP contribution in [0.3, 0.4) is 0 Å². The number of ether oxygens (including phenoxy) is 1. The van der Waals surface area contributed by atoms with Gasteiger partial charge in [0.15, 0.2) is 5.70 Å². The molecular weight excluding hydrogens is 354 g/mol. The largest absolute Gasteiger partial charge is 0.402 e. The second kappa shape index (κ2) is 8.52. The van der Waals surface area contributed by atoms with Crippen molar-refractivity contribution >= 4 is 35.2 Å². The molecule has 0 aromatic heterocycles. The van der Waals surface area contributed by atoms with E-state index in [0.29, 0.717) is 11.3 Å². The lowest BCUT2D eigenvalue weighted by Crippen LogP contribution is -2.21. The number of anilines is 2. The highest BCUT2D eigenvalue weighted by molar-refractivity contribution is 6.13. The van der Waals surface area contributed by atoms with Crippen molar-refractivity contribution in [3.63, 3.8) is 0 Å². The summed E-state index contributed by atoms with van der Waals surface area (Å²) in [6.45, 7) is 7.57. The minimum absolute atomic E-state index is 0.144. The SMILES string of the molecule is CCN(CC)c1ccc(C=C2N=C(c3ccc(NC(C)=O)cc3)OC2=O)cc1. The summed E-state index contributed by atoms with van der Waals surface area (Å²) in [6, 6.07) is 15.0. The predicted molar refractivity (Wildman–Crippen MR) is 111 cm³/mol. The molecule has 1 aliphatic heterocycles. The number of rotatable bonds is 6. The van der Waals surface area contributed by atoms with Crippen LogP contribution in [0.15, 0.2) is 59.2 Å². The molecule has 3 rings (SSSR count). The number of nitrogens with one attached hydrogen (secondary N) is 1. The fourth-order valence-electron chi connectivity index (χ4n) is 2.96. The predicted octanol–water partition coefficient (Wildman–Crippen LogP) is 3.84. The van der Waals surface area contributed by atoms with Crippen molar-refractivity contribution in [2.24, 2.45) is 4.99 Å². The Bertz CT molecular complexity index is 925. The van der Waals surface area contributed by atoms with Crippen LogP contribution in [0.1, 0.15) is 31.9 Å². The van der Waals surface area contributed by atoms with Gasteiger partial charge in [0, 0.05) is 37.0 Å². The lowest BCUT2D eigenvalue weighted by molar-refractivity contribution is -0.129. The molecule has 0 bridgehead atoms. The maximum Gasteiger partial charge on any atom is 0.363 e. The average Bonchev–Trinajstić information content (AvgIpc) is 3.04. The first kappa shape index (κ1) is 19.4. The number of amides is 1. The first-order chi connectivity index (χ1) is 13.5. The maximum atomic E-state index is 12.2. The summed E-state index contributed by atoms with van der Waals surface area (Å²) in [7, 11) is 0. The topological polar surface area (TPSA) is 71.0 Å². The van der Waals surface area contributed by atoms with E-state index in [1.807, 2.05) is 24.3 Å². The second-order valence-corrected chi connectivity index (χ2v) is 6.36. The molecule has 0 saturated carbocycles. The van der Waals surface area contributed by atoms with Gasteiger partial charge in [-0.2, -0.15) is 0 Å². The lowest BCUT2D eigenvalue weighted by Gasteiger charge is -2.20. The Morgan fingerprint density at radius 2 is 1.71 bits per heavy atom. The van der Waals surface area contributed by atoms with E-state index in [2.05, 4.69) is 29.1 Å². The van der Waals surface area contributed by atoms with Crippen LogP contribution in [0.4, 0.5) is 11.4 Å². The van der Waals surface area contributed by atoms with Gasteiger partial charge in [-0.3, -0.25) is 4.79 Å². The zero-order chi connectivity index (χ0) is 20.1. The Balaban J connectivity index is 1.78. The molecule has 0 aliphatic carbocycles. The van der Waals surface area contributed by atoms with Crippen LogP contribution in [-0.2, 0) is 14.3 Å². The molecule has 0 saturated heterocycles. The van der Waals surface area contributed by atoms with Gasteiger partial charge in [-0.05, 0) is 61.9 Å². The summed E-state index contributed by atoms with van der Waals surface area (Å²) < 4.78 is 5.30. The number of benzene rings is 2. The highest BCUT2D eigenvalue weighted by Gasteiger charge is 2.24. The Morgan fingerprint density at radius 1 is 1.07 bits per heavy atom. The molecule has 1 amide bonds. The molecule has 28 heavy (non-hydrogen) atoms. The summed E-state index contributed by atoms with van der Waals surface area (Å²) in [4.78, 5) is 29.8. The van der Waals surface area contributed by atoms with E-state index in [-0.39, 0.29) is 17.5 Å². The molecule has 0 spiro atoms. The van der Waals surface area contributed by atoms with Crippen LogP contribution in [0.5, 0.6) is 0 Å². The van der Waals surface area contributed by atoms with Crippen molar-refractivity contribution in [1.29, 1.82) is 0 Å². The van der Waals surface area contributed by atoms with E-state index in [0.717, 1.165) is 24.3 Å². The third-order valence-corrected chi connectivity index (χ3v) is 4.40. The van der Waals surface area contributed by atoms with Gasteiger partial charge in [-0.25, -0.2) is 9.79 Å². The summed E-state index contributed by atoms with van der Waals surface area (Å²) in [5.74, 6) is -0.367. The number of carbonyl (C=O) groups excluding carboxylic acids is 2. The Hall–Kier alpha value is -3.41. The average molecular weight is 377 g/mol. The molecule has 144 valence electrons. The van der Waals surface area contributed by atoms with E-state index in [1.54, 1.807) is 30.3 Å². The summed E-state index contributed by atoms with van der Waals surface area (Å²) in [6.07, 6.45) is 1.72. The minimum Gasteiger partial charge on any atom is -0.402 e. The Morgan fingerprint density at radius 3 is 2.29 bits per heavy atom. The number of cyclic esters (lactones) is 1. The van der Waals surface area contributed by atoms with Crippen molar-refractivity contribution in [2.45, 2.75) is 20.8 Å². The van der Waals surface area contributed by atoms with Crippen LogP contribution in [-0.4, -0.2) is 30.9 Å². The third kappa shape index (κ3) is 4.46. The molecule has 1 aliphatic rings. The number of nitrogens with zero attached hydrogens (tertiary/aromatic N) is 2.